The Kier molecular flexibility index (Phi) is 5.35. The van der Waals surface area contributed by atoms with Crippen molar-refractivity contribution >= 4 is 40.4 Å². The van der Waals surface area contributed by atoms with E-state index in [1.54, 1.807) is 55.5 Å². The number of rotatable bonds is 5. The minimum absolute atomic E-state index is 0.0719. The fourth-order valence-corrected chi connectivity index (χ4v) is 4.01. The number of ether oxygens (including phenoxy) is 1. The molecular formula is C22H16N2O6S. The van der Waals surface area contributed by atoms with Crippen molar-refractivity contribution in [1.82, 2.24) is 0 Å². The zero-order valence-electron chi connectivity index (χ0n) is 16.5. The second kappa shape index (κ2) is 8.11. The number of benzene rings is 2. The predicted molar refractivity (Wildman–Crippen MR) is 117 cm³/mol. The number of para-hydroxylation sites is 2. The Balaban J connectivity index is 1.66. The minimum atomic E-state index is -0.501. The number of hydrogen-bond donors (Lipinski definition) is 0. The molecule has 0 N–H and O–H groups in total. The van der Waals surface area contributed by atoms with Crippen LogP contribution in [0.5, 0.6) is 5.75 Å². The lowest BCUT2D eigenvalue weighted by atomic mass is 10.1. The van der Waals surface area contributed by atoms with Crippen LogP contribution >= 0.6 is 11.8 Å². The second-order valence-corrected chi connectivity index (χ2v) is 7.66. The molecule has 2 amide bonds. The van der Waals surface area contributed by atoms with Crippen molar-refractivity contribution in [3.8, 4) is 17.1 Å². The Labute approximate surface area is 181 Å². The predicted octanol–water partition coefficient (Wildman–Crippen LogP) is 5.41. The zero-order chi connectivity index (χ0) is 22.1. The summed E-state index contributed by atoms with van der Waals surface area (Å²) in [5, 5.41) is 10.9. The highest BCUT2D eigenvalue weighted by molar-refractivity contribution is 8.19. The van der Waals surface area contributed by atoms with Gasteiger partial charge in [-0.1, -0.05) is 18.2 Å². The molecule has 8 nitrogen and oxygen atoms in total. The Bertz CT molecular complexity index is 1250. The van der Waals surface area contributed by atoms with Gasteiger partial charge < -0.3 is 9.15 Å². The largest absolute Gasteiger partial charge is 0.495 e. The molecule has 2 heterocycles. The van der Waals surface area contributed by atoms with Gasteiger partial charge in [0.2, 0.25) is 0 Å². The number of nitro groups is 1. The summed E-state index contributed by atoms with van der Waals surface area (Å²) in [6, 6.07) is 14.8. The van der Waals surface area contributed by atoms with Crippen LogP contribution in [0, 0.1) is 17.0 Å². The van der Waals surface area contributed by atoms with Crippen LogP contribution in [0.1, 0.15) is 11.3 Å². The first kappa shape index (κ1) is 20.4. The number of nitrogens with zero attached hydrogens (tertiary/aromatic N) is 2. The number of thioether (sulfide) groups is 1. The van der Waals surface area contributed by atoms with Crippen molar-refractivity contribution in [1.29, 1.82) is 0 Å². The molecule has 31 heavy (non-hydrogen) atoms. The van der Waals surface area contributed by atoms with Crippen molar-refractivity contribution in [3.63, 3.8) is 0 Å². The molecule has 3 aromatic rings. The number of methoxy groups -OCH3 is 1. The van der Waals surface area contributed by atoms with Crippen molar-refractivity contribution in [2.45, 2.75) is 6.92 Å². The van der Waals surface area contributed by atoms with Gasteiger partial charge in [0.05, 0.1) is 28.2 Å². The van der Waals surface area contributed by atoms with Crippen LogP contribution in [0.15, 0.2) is 63.9 Å². The standard InChI is InChI=1S/C22H16N2O6S/c1-13-7-9-15(17(11-13)24(27)28)18-10-8-14(30-18)12-20-21(25)23(22(26)31-20)16-5-3-4-6-19(16)29-2/h3-12H,1-2H3/b20-12+. The first-order valence-corrected chi connectivity index (χ1v) is 9.97. The molecule has 0 spiro atoms. The van der Waals surface area contributed by atoms with Gasteiger partial charge in [0, 0.05) is 12.1 Å². The van der Waals surface area contributed by atoms with Gasteiger partial charge >= 0.3 is 0 Å². The molecule has 1 saturated heterocycles. The molecule has 9 heteroatoms. The molecule has 1 fully saturated rings. The van der Waals surface area contributed by atoms with Gasteiger partial charge in [0.25, 0.3) is 16.8 Å². The van der Waals surface area contributed by atoms with E-state index in [1.807, 2.05) is 0 Å². The van der Waals surface area contributed by atoms with Crippen LogP contribution in [-0.2, 0) is 4.79 Å². The molecule has 0 radical (unpaired) electrons. The fourth-order valence-electron chi connectivity index (χ4n) is 3.20. The van der Waals surface area contributed by atoms with Crippen LogP contribution in [0.2, 0.25) is 0 Å². The molecule has 1 aliphatic heterocycles. The van der Waals surface area contributed by atoms with Crippen molar-refractivity contribution in [2.24, 2.45) is 0 Å². The van der Waals surface area contributed by atoms with E-state index in [1.165, 1.54) is 19.3 Å². The average molecular weight is 436 g/mol. The first-order chi connectivity index (χ1) is 14.9. The molecule has 0 saturated carbocycles. The summed E-state index contributed by atoms with van der Waals surface area (Å²) in [7, 11) is 1.46. The Morgan fingerprint density at radius 1 is 1.13 bits per heavy atom. The van der Waals surface area contributed by atoms with Crippen molar-refractivity contribution in [2.75, 3.05) is 12.0 Å². The highest BCUT2D eigenvalue weighted by atomic mass is 32.2. The number of carbonyl (C=O) groups is 2. The summed E-state index contributed by atoms with van der Waals surface area (Å²) >= 11 is 0.780. The monoisotopic (exact) mass is 436 g/mol. The maximum absolute atomic E-state index is 12.9. The smallest absolute Gasteiger partial charge is 0.298 e. The topological polar surface area (TPSA) is 103 Å². The molecule has 1 aliphatic rings. The lowest BCUT2D eigenvalue weighted by Crippen LogP contribution is -2.28. The van der Waals surface area contributed by atoms with E-state index in [2.05, 4.69) is 0 Å². The van der Waals surface area contributed by atoms with E-state index >= 15 is 0 Å². The third-order valence-corrected chi connectivity index (χ3v) is 5.50. The van der Waals surface area contributed by atoms with Gasteiger partial charge in [-0.3, -0.25) is 19.7 Å². The van der Waals surface area contributed by atoms with Crippen LogP contribution in [0.25, 0.3) is 17.4 Å². The third kappa shape index (κ3) is 3.82. The number of aryl methyl sites for hydroxylation is 1. The first-order valence-electron chi connectivity index (χ1n) is 9.15. The van der Waals surface area contributed by atoms with E-state index in [4.69, 9.17) is 9.15 Å². The number of nitro benzene ring substituents is 1. The second-order valence-electron chi connectivity index (χ2n) is 6.67. The lowest BCUT2D eigenvalue weighted by molar-refractivity contribution is -0.384. The summed E-state index contributed by atoms with van der Waals surface area (Å²) in [4.78, 5) is 37.5. The Hall–Kier alpha value is -3.85. The van der Waals surface area contributed by atoms with Gasteiger partial charge in [0.1, 0.15) is 17.3 Å². The molecule has 2 aromatic carbocycles. The zero-order valence-corrected chi connectivity index (χ0v) is 17.3. The average Bonchev–Trinajstić information content (AvgIpc) is 3.32. The Morgan fingerprint density at radius 2 is 1.90 bits per heavy atom. The molecule has 1 aromatic heterocycles. The maximum Gasteiger partial charge on any atom is 0.298 e. The molecular weight excluding hydrogens is 420 g/mol. The highest BCUT2D eigenvalue weighted by Crippen LogP contribution is 2.40. The quantitative estimate of drug-likeness (QED) is 0.299. The van der Waals surface area contributed by atoms with Gasteiger partial charge in [-0.15, -0.1) is 0 Å². The van der Waals surface area contributed by atoms with E-state index in [0.29, 0.717) is 28.5 Å². The van der Waals surface area contributed by atoms with Crippen LogP contribution in [0.3, 0.4) is 0 Å². The summed E-state index contributed by atoms with van der Waals surface area (Å²) in [5.41, 5.74) is 1.37. The van der Waals surface area contributed by atoms with E-state index in [0.717, 1.165) is 22.2 Å². The van der Waals surface area contributed by atoms with E-state index in [9.17, 15) is 19.7 Å². The highest BCUT2D eigenvalue weighted by Gasteiger charge is 2.38. The van der Waals surface area contributed by atoms with Crippen LogP contribution in [-0.4, -0.2) is 23.2 Å². The summed E-state index contributed by atoms with van der Waals surface area (Å²) < 4.78 is 11.0. The summed E-state index contributed by atoms with van der Waals surface area (Å²) in [6.07, 6.45) is 1.45. The normalized spacial score (nSPS) is 15.0. The number of imide groups is 1. The molecule has 0 aliphatic carbocycles. The Morgan fingerprint density at radius 3 is 2.65 bits per heavy atom. The number of hydrogen-bond acceptors (Lipinski definition) is 7. The molecule has 0 unspecified atom stereocenters. The number of amides is 2. The lowest BCUT2D eigenvalue weighted by Gasteiger charge is -2.15. The van der Waals surface area contributed by atoms with E-state index in [-0.39, 0.29) is 10.6 Å². The fraction of sp³-hybridized carbons (Fsp3) is 0.0909. The van der Waals surface area contributed by atoms with Gasteiger partial charge in [-0.2, -0.15) is 0 Å². The third-order valence-electron chi connectivity index (χ3n) is 4.64. The minimum Gasteiger partial charge on any atom is -0.495 e. The number of carbonyl (C=O) groups excluding carboxylic acids is 2. The van der Waals surface area contributed by atoms with Crippen molar-refractivity contribution in [3.05, 3.63) is 80.9 Å². The number of furan rings is 1. The SMILES string of the molecule is COc1ccccc1N1C(=O)S/C(=C/c2ccc(-c3ccc(C)cc3[N+](=O)[O-])o2)C1=O. The van der Waals surface area contributed by atoms with Crippen molar-refractivity contribution < 1.29 is 23.7 Å². The number of anilines is 1. The van der Waals surface area contributed by atoms with Gasteiger partial charge in [-0.25, -0.2) is 4.90 Å². The van der Waals surface area contributed by atoms with E-state index < -0.39 is 16.1 Å². The summed E-state index contributed by atoms with van der Waals surface area (Å²) in [6.45, 7) is 1.77. The van der Waals surface area contributed by atoms with Gasteiger partial charge in [-0.05, 0) is 54.6 Å². The van der Waals surface area contributed by atoms with Crippen LogP contribution < -0.4 is 9.64 Å². The van der Waals surface area contributed by atoms with Gasteiger partial charge in [0.15, 0.2) is 0 Å². The summed E-state index contributed by atoms with van der Waals surface area (Å²) in [5.74, 6) is 0.495. The molecule has 156 valence electrons. The molecule has 4 rings (SSSR count). The molecule has 0 atom stereocenters. The molecule has 0 bridgehead atoms. The van der Waals surface area contributed by atoms with Crippen LogP contribution in [0.4, 0.5) is 16.2 Å². The maximum atomic E-state index is 12.9.